The maximum Gasteiger partial charge on any atom is 0.195 e. The maximum absolute atomic E-state index is 11.9. The van der Waals surface area contributed by atoms with E-state index >= 15 is 0 Å². The predicted octanol–water partition coefficient (Wildman–Crippen LogP) is 2.95. The zero-order valence-corrected chi connectivity index (χ0v) is 8.45. The van der Waals surface area contributed by atoms with Crippen molar-refractivity contribution in [2.45, 2.75) is 0 Å². The average Bonchev–Trinajstić information content (AvgIpc) is 2.54. The van der Waals surface area contributed by atoms with Gasteiger partial charge in [-0.25, -0.2) is 0 Å². The van der Waals surface area contributed by atoms with Gasteiger partial charge in [-0.1, -0.05) is 17.7 Å². The first-order valence-corrected chi connectivity index (χ1v) is 4.94. The standard InChI is InChI=1S/C12H6ClNO/c13-7-1-2-8-9-3-4-14-6-11(9)12(15)10(8)5-7/h1-6H. The van der Waals surface area contributed by atoms with Crippen LogP contribution in [0.5, 0.6) is 0 Å². The van der Waals surface area contributed by atoms with Crippen molar-refractivity contribution in [2.75, 3.05) is 0 Å². The highest BCUT2D eigenvalue weighted by Gasteiger charge is 2.26. The minimum absolute atomic E-state index is 0.00981. The van der Waals surface area contributed by atoms with E-state index in [2.05, 4.69) is 4.98 Å². The molecule has 1 aliphatic carbocycles. The Labute approximate surface area is 91.5 Å². The number of pyridine rings is 1. The fraction of sp³-hybridized carbons (Fsp3) is 0. The largest absolute Gasteiger partial charge is 0.289 e. The summed E-state index contributed by atoms with van der Waals surface area (Å²) in [6.45, 7) is 0. The van der Waals surface area contributed by atoms with Crippen LogP contribution in [-0.4, -0.2) is 10.8 Å². The molecule has 15 heavy (non-hydrogen) atoms. The van der Waals surface area contributed by atoms with E-state index in [-0.39, 0.29) is 5.78 Å². The van der Waals surface area contributed by atoms with E-state index in [1.54, 1.807) is 24.5 Å². The van der Waals surface area contributed by atoms with Crippen molar-refractivity contribution < 1.29 is 4.79 Å². The van der Waals surface area contributed by atoms with Crippen molar-refractivity contribution in [1.29, 1.82) is 0 Å². The molecule has 0 atom stereocenters. The van der Waals surface area contributed by atoms with Crippen LogP contribution in [0, 0.1) is 0 Å². The molecule has 1 heterocycles. The topological polar surface area (TPSA) is 30.0 Å². The average molecular weight is 216 g/mol. The van der Waals surface area contributed by atoms with Crippen LogP contribution in [0.2, 0.25) is 5.02 Å². The molecule has 3 heteroatoms. The third kappa shape index (κ3) is 1.12. The third-order valence-electron chi connectivity index (χ3n) is 2.58. The molecule has 2 nitrogen and oxygen atoms in total. The zero-order chi connectivity index (χ0) is 10.4. The predicted molar refractivity (Wildman–Crippen MR) is 58.1 cm³/mol. The number of nitrogens with zero attached hydrogens (tertiary/aromatic N) is 1. The summed E-state index contributed by atoms with van der Waals surface area (Å²) in [5, 5.41) is 0.586. The molecule has 0 radical (unpaired) electrons. The molecule has 0 aliphatic heterocycles. The Balaban J connectivity index is 2.38. The van der Waals surface area contributed by atoms with Crippen LogP contribution in [0.1, 0.15) is 15.9 Å². The summed E-state index contributed by atoms with van der Waals surface area (Å²) in [7, 11) is 0. The summed E-state index contributed by atoms with van der Waals surface area (Å²) >= 11 is 5.86. The first-order chi connectivity index (χ1) is 7.27. The van der Waals surface area contributed by atoms with E-state index in [1.807, 2.05) is 12.1 Å². The quantitative estimate of drug-likeness (QED) is 0.577. The molecule has 0 bridgehead atoms. The number of carbonyl (C=O) groups is 1. The fourth-order valence-corrected chi connectivity index (χ4v) is 2.07. The van der Waals surface area contributed by atoms with Crippen molar-refractivity contribution in [1.82, 2.24) is 4.98 Å². The van der Waals surface area contributed by atoms with Crippen LogP contribution in [0.4, 0.5) is 0 Å². The normalized spacial score (nSPS) is 12.5. The summed E-state index contributed by atoms with van der Waals surface area (Å²) < 4.78 is 0. The summed E-state index contributed by atoms with van der Waals surface area (Å²) in [5.74, 6) is 0.00981. The van der Waals surface area contributed by atoms with Gasteiger partial charge in [-0.2, -0.15) is 0 Å². The molecule has 0 unspecified atom stereocenters. The molecule has 0 amide bonds. The second-order valence-corrected chi connectivity index (χ2v) is 3.88. The minimum Gasteiger partial charge on any atom is -0.289 e. The molecule has 1 aliphatic rings. The molecule has 1 aromatic heterocycles. The first-order valence-electron chi connectivity index (χ1n) is 4.56. The fourth-order valence-electron chi connectivity index (χ4n) is 1.89. The highest BCUT2D eigenvalue weighted by atomic mass is 35.5. The summed E-state index contributed by atoms with van der Waals surface area (Å²) in [4.78, 5) is 15.9. The van der Waals surface area contributed by atoms with Crippen LogP contribution in [-0.2, 0) is 0 Å². The van der Waals surface area contributed by atoms with Crippen molar-refractivity contribution in [3.63, 3.8) is 0 Å². The Bertz CT molecular complexity index is 578. The van der Waals surface area contributed by atoms with Gasteiger partial charge in [0.25, 0.3) is 0 Å². The lowest BCUT2D eigenvalue weighted by molar-refractivity contribution is 0.104. The second kappa shape index (κ2) is 2.91. The molecular formula is C12H6ClNO. The number of ketones is 1. The minimum atomic E-state index is 0.00981. The number of benzene rings is 1. The third-order valence-corrected chi connectivity index (χ3v) is 2.82. The second-order valence-electron chi connectivity index (χ2n) is 3.44. The van der Waals surface area contributed by atoms with Crippen LogP contribution in [0.3, 0.4) is 0 Å². The van der Waals surface area contributed by atoms with Crippen molar-refractivity contribution in [3.8, 4) is 11.1 Å². The van der Waals surface area contributed by atoms with Gasteiger partial charge >= 0.3 is 0 Å². The smallest absolute Gasteiger partial charge is 0.195 e. The van der Waals surface area contributed by atoms with Gasteiger partial charge in [0.1, 0.15) is 0 Å². The molecule has 0 saturated carbocycles. The van der Waals surface area contributed by atoms with Crippen LogP contribution in [0.25, 0.3) is 11.1 Å². The molecule has 0 spiro atoms. The summed E-state index contributed by atoms with van der Waals surface area (Å²) in [5.41, 5.74) is 3.23. The van der Waals surface area contributed by atoms with Crippen LogP contribution in [0.15, 0.2) is 36.7 Å². The van der Waals surface area contributed by atoms with Gasteiger partial charge in [-0.15, -0.1) is 0 Å². The number of hydrogen-bond acceptors (Lipinski definition) is 2. The van der Waals surface area contributed by atoms with Gasteiger partial charge < -0.3 is 0 Å². The lowest BCUT2D eigenvalue weighted by Crippen LogP contribution is -1.94. The number of halogens is 1. The van der Waals surface area contributed by atoms with Gasteiger partial charge in [0.15, 0.2) is 5.78 Å². The maximum atomic E-state index is 11.9. The van der Waals surface area contributed by atoms with E-state index in [4.69, 9.17) is 11.6 Å². The van der Waals surface area contributed by atoms with E-state index in [1.165, 1.54) is 0 Å². The highest BCUT2D eigenvalue weighted by molar-refractivity contribution is 6.32. The van der Waals surface area contributed by atoms with E-state index in [0.29, 0.717) is 16.1 Å². The lowest BCUT2D eigenvalue weighted by Gasteiger charge is -1.98. The van der Waals surface area contributed by atoms with Gasteiger partial charge in [-0.05, 0) is 29.3 Å². The summed E-state index contributed by atoms with van der Waals surface area (Å²) in [6.07, 6.45) is 3.29. The Morgan fingerprint density at radius 2 is 1.80 bits per heavy atom. The van der Waals surface area contributed by atoms with Crippen LogP contribution >= 0.6 is 11.6 Å². The molecule has 1 aromatic carbocycles. The van der Waals surface area contributed by atoms with Crippen molar-refractivity contribution >= 4 is 17.4 Å². The Kier molecular flexibility index (Phi) is 1.67. The summed E-state index contributed by atoms with van der Waals surface area (Å²) in [6, 6.07) is 7.23. The number of rotatable bonds is 0. The number of fused-ring (bicyclic) bond motifs is 3. The van der Waals surface area contributed by atoms with Gasteiger partial charge in [-0.3, -0.25) is 9.78 Å². The molecule has 2 aromatic rings. The van der Waals surface area contributed by atoms with Crippen LogP contribution < -0.4 is 0 Å². The van der Waals surface area contributed by atoms with Gasteiger partial charge in [0.05, 0.1) is 0 Å². The molecule has 0 fully saturated rings. The van der Waals surface area contributed by atoms with E-state index in [9.17, 15) is 4.79 Å². The number of aromatic nitrogens is 1. The molecular weight excluding hydrogens is 210 g/mol. The SMILES string of the molecule is O=C1c2cnccc2-c2ccc(Cl)cc21. The molecule has 72 valence electrons. The monoisotopic (exact) mass is 215 g/mol. The number of hydrogen-bond donors (Lipinski definition) is 0. The zero-order valence-electron chi connectivity index (χ0n) is 7.70. The van der Waals surface area contributed by atoms with Crippen molar-refractivity contribution in [2.24, 2.45) is 0 Å². The van der Waals surface area contributed by atoms with Gasteiger partial charge in [0, 0.05) is 28.5 Å². The van der Waals surface area contributed by atoms with E-state index < -0.39 is 0 Å². The number of carbonyl (C=O) groups excluding carboxylic acids is 1. The van der Waals surface area contributed by atoms with E-state index in [0.717, 1.165) is 11.1 Å². The lowest BCUT2D eigenvalue weighted by atomic mass is 10.1. The van der Waals surface area contributed by atoms with Gasteiger partial charge in [0.2, 0.25) is 0 Å². The molecule has 0 N–H and O–H groups in total. The molecule has 3 rings (SSSR count). The van der Waals surface area contributed by atoms with Crippen molar-refractivity contribution in [3.05, 3.63) is 52.8 Å². The Morgan fingerprint density at radius 3 is 2.67 bits per heavy atom. The molecule has 0 saturated heterocycles. The Morgan fingerprint density at radius 1 is 1.00 bits per heavy atom. The first kappa shape index (κ1) is 8.62. The Hall–Kier alpha value is -1.67. The highest BCUT2D eigenvalue weighted by Crippen LogP contribution is 2.36.